The Morgan fingerprint density at radius 3 is 0.847 bits per heavy atom. The smallest absolute Gasteiger partial charge is 0.189 e. The maximum Gasteiger partial charge on any atom is 0.189 e. The third-order valence-electron chi connectivity index (χ3n) is 11.2. The van der Waals surface area contributed by atoms with Gasteiger partial charge in [0.05, 0.1) is 25.9 Å². The van der Waals surface area contributed by atoms with Crippen LogP contribution >= 0.6 is 0 Å². The van der Waals surface area contributed by atoms with Crippen molar-refractivity contribution in [3.05, 3.63) is 0 Å². The normalized spacial score (nSPS) is 32.7. The first-order valence-electron chi connectivity index (χ1n) is 27.5. The molecule has 0 aromatic rings. The zero-order valence-electron chi connectivity index (χ0n) is 47.5. The molecule has 4 aliphatic rings. The van der Waals surface area contributed by atoms with Gasteiger partial charge in [-0.3, -0.25) is 0 Å². The Bertz CT molecular complexity index is 1090. The molecule has 0 aromatic heterocycles. The van der Waals surface area contributed by atoms with Crippen LogP contribution in [0.25, 0.3) is 0 Å². The molecule has 0 aromatic carbocycles. The van der Waals surface area contributed by atoms with Gasteiger partial charge in [-0.1, -0.05) is 0 Å². The Morgan fingerprint density at radius 2 is 0.500 bits per heavy atom. The van der Waals surface area contributed by atoms with E-state index in [4.69, 9.17) is 94.7 Å². The molecule has 0 bridgehead atoms. The van der Waals surface area contributed by atoms with E-state index in [9.17, 15) is 0 Å². The molecule has 0 spiro atoms. The van der Waals surface area contributed by atoms with Crippen molar-refractivity contribution < 1.29 is 94.7 Å². The highest BCUT2D eigenvalue weighted by molar-refractivity contribution is 4.91. The maximum absolute atomic E-state index is 5.90. The third-order valence-corrected chi connectivity index (χ3v) is 11.2. The molecule has 4 fully saturated rings. The Labute approximate surface area is 435 Å². The molecule has 0 N–H and O–H groups in total. The lowest BCUT2D eigenvalue weighted by Crippen LogP contribution is -2.61. The lowest BCUT2D eigenvalue weighted by atomic mass is 10.0. The summed E-state index contributed by atoms with van der Waals surface area (Å²) in [7, 11) is 0. The SMILES string of the molecule is CCOC1C[C@@H](OCC)[C@H](OCC)CO1.CCOC1OC[C@@H](OCC)[C@@H](OCC)[C@@H]1OCC.CCOC1[C@@H](OCC)[C@@H](OCC)O[C@H](OCC)[C@H]1OCC.CCO[C@@H]1OC[C@@H](OCC)[C@@H](OCC)[C@@H]1OCC. The highest BCUT2D eigenvalue weighted by Gasteiger charge is 2.49. The minimum absolute atomic E-state index is 0.0478. The Morgan fingerprint density at radius 1 is 0.236 bits per heavy atom. The molecule has 0 amide bonds. The van der Waals surface area contributed by atoms with Crippen molar-refractivity contribution in [2.24, 2.45) is 0 Å². The lowest BCUT2D eigenvalue weighted by molar-refractivity contribution is -0.363. The number of hydrogen-bond donors (Lipinski definition) is 0. The molecule has 16 atom stereocenters. The fourth-order valence-corrected chi connectivity index (χ4v) is 8.62. The highest BCUT2D eigenvalue weighted by atomic mass is 16.8. The monoisotopic (exact) mass is 1050 g/mol. The van der Waals surface area contributed by atoms with Crippen LogP contribution in [0.3, 0.4) is 0 Å². The molecule has 0 aliphatic carbocycles. The van der Waals surface area contributed by atoms with Gasteiger partial charge >= 0.3 is 0 Å². The number of rotatable bonds is 32. The molecule has 0 saturated carbocycles. The van der Waals surface area contributed by atoms with Crippen LogP contribution in [-0.2, 0) is 94.7 Å². The average molecular weight is 1050 g/mol. The Balaban J connectivity index is 0.000000483. The minimum Gasteiger partial charge on any atom is -0.376 e. The van der Waals surface area contributed by atoms with E-state index in [1.165, 1.54) is 0 Å². The summed E-state index contributed by atoms with van der Waals surface area (Å²) < 4.78 is 114. The van der Waals surface area contributed by atoms with E-state index >= 15 is 0 Å². The van der Waals surface area contributed by atoms with E-state index < -0.39 is 12.6 Å². The summed E-state index contributed by atoms with van der Waals surface area (Å²) in [5.41, 5.74) is 0. The van der Waals surface area contributed by atoms with Gasteiger partial charge < -0.3 is 94.7 Å². The van der Waals surface area contributed by atoms with Gasteiger partial charge in [0.1, 0.15) is 61.0 Å². The predicted molar refractivity (Wildman–Crippen MR) is 270 cm³/mol. The molecule has 4 saturated heterocycles. The van der Waals surface area contributed by atoms with Gasteiger partial charge in [0.25, 0.3) is 0 Å². The van der Waals surface area contributed by atoms with Crippen LogP contribution in [0.1, 0.15) is 117 Å². The van der Waals surface area contributed by atoms with Crippen LogP contribution in [0.15, 0.2) is 0 Å². The van der Waals surface area contributed by atoms with Gasteiger partial charge in [0.2, 0.25) is 0 Å². The summed E-state index contributed by atoms with van der Waals surface area (Å²) in [6.45, 7) is 42.5. The molecule has 72 heavy (non-hydrogen) atoms. The van der Waals surface area contributed by atoms with Crippen molar-refractivity contribution in [1.82, 2.24) is 0 Å². The van der Waals surface area contributed by atoms with Gasteiger partial charge in [-0.05, 0) is 111 Å². The van der Waals surface area contributed by atoms with Crippen LogP contribution in [0, 0.1) is 0 Å². The molecule has 4 heterocycles. The van der Waals surface area contributed by atoms with E-state index in [0.717, 1.165) is 6.42 Å². The highest BCUT2D eigenvalue weighted by Crippen LogP contribution is 2.30. The maximum atomic E-state index is 5.90. The summed E-state index contributed by atoms with van der Waals surface area (Å²) in [6, 6.07) is 0. The topological polar surface area (TPSA) is 185 Å². The van der Waals surface area contributed by atoms with Crippen LogP contribution in [-0.4, -0.2) is 224 Å². The number of hydrogen-bond acceptors (Lipinski definition) is 20. The van der Waals surface area contributed by atoms with E-state index in [0.29, 0.717) is 126 Å². The van der Waals surface area contributed by atoms with Gasteiger partial charge in [0, 0.05) is 112 Å². The first kappa shape index (κ1) is 69.2. The standard InChI is InChI=1S/C15H30O6.2C13H26O5.C11H22O4/c1-6-16-11-12(17-7-2)14(19-9-4)21-15(20-10-5)13(11)18-8-3;2*1-5-14-10-9-18-13(17-8-4)12(16-7-3)11(10)15-6-2;1-4-12-9-7-11(14-6-3)15-8-10(9)13-5-2/h11-15H,6-10H2,1-5H3;2*10-13H,5-9H2,1-4H3;9-11H,4-8H2,1-3H3/t11?,12-,13+,14-,15-;10-,11-,12+,13?;10-,11-,12+,13-;9-,10-,11?/m0111/s1. The van der Waals surface area contributed by atoms with Gasteiger partial charge in [0.15, 0.2) is 31.5 Å². The molecule has 20 heteroatoms. The summed E-state index contributed by atoms with van der Waals surface area (Å²) in [6.07, 6.45) is -2.89. The van der Waals surface area contributed by atoms with E-state index in [1.807, 2.05) is 111 Å². The molecule has 4 aliphatic heterocycles. The lowest BCUT2D eigenvalue weighted by Gasteiger charge is -2.45. The molecule has 0 radical (unpaired) electrons. The largest absolute Gasteiger partial charge is 0.376 e. The van der Waals surface area contributed by atoms with Crippen LogP contribution in [0.2, 0.25) is 0 Å². The summed E-state index contributed by atoms with van der Waals surface area (Å²) in [4.78, 5) is 0. The van der Waals surface area contributed by atoms with Crippen LogP contribution in [0.5, 0.6) is 0 Å². The quantitative estimate of drug-likeness (QED) is 0.0691. The second-order valence-electron chi connectivity index (χ2n) is 16.0. The fourth-order valence-electron chi connectivity index (χ4n) is 8.62. The second kappa shape index (κ2) is 44.2. The van der Waals surface area contributed by atoms with Crippen LogP contribution < -0.4 is 0 Å². The summed E-state index contributed by atoms with van der Waals surface area (Å²) >= 11 is 0. The number of ether oxygens (including phenoxy) is 20. The van der Waals surface area contributed by atoms with E-state index in [1.54, 1.807) is 0 Å². The molecule has 3 unspecified atom stereocenters. The van der Waals surface area contributed by atoms with E-state index in [-0.39, 0.29) is 86.0 Å². The average Bonchev–Trinajstić information content (AvgIpc) is 3.37. The molecular weight excluding hydrogens is 945 g/mol. The molecular formula is C52H104O20. The Kier molecular flexibility index (Phi) is 42.5. The third kappa shape index (κ3) is 24.7. The Hall–Kier alpha value is -0.800. The summed E-state index contributed by atoms with van der Waals surface area (Å²) in [5, 5.41) is 0. The van der Waals surface area contributed by atoms with Crippen LogP contribution in [0.4, 0.5) is 0 Å². The second-order valence-corrected chi connectivity index (χ2v) is 16.0. The first-order valence-corrected chi connectivity index (χ1v) is 27.5. The molecule has 4 rings (SSSR count). The van der Waals surface area contributed by atoms with Crippen molar-refractivity contribution in [2.75, 3.05) is 126 Å². The molecule has 20 nitrogen and oxygen atoms in total. The van der Waals surface area contributed by atoms with Gasteiger partial charge in [-0.2, -0.15) is 0 Å². The van der Waals surface area contributed by atoms with Crippen molar-refractivity contribution in [2.45, 2.75) is 216 Å². The predicted octanol–water partition coefficient (Wildman–Crippen LogP) is 6.73. The van der Waals surface area contributed by atoms with Crippen molar-refractivity contribution in [3.8, 4) is 0 Å². The summed E-state index contributed by atoms with van der Waals surface area (Å²) in [5.74, 6) is 0. The van der Waals surface area contributed by atoms with Gasteiger partial charge in [-0.25, -0.2) is 0 Å². The van der Waals surface area contributed by atoms with Crippen molar-refractivity contribution in [1.29, 1.82) is 0 Å². The fraction of sp³-hybridized carbons (Fsp3) is 1.00. The van der Waals surface area contributed by atoms with E-state index in [2.05, 4.69) is 0 Å². The van der Waals surface area contributed by atoms with Crippen molar-refractivity contribution in [3.63, 3.8) is 0 Å². The first-order chi connectivity index (χ1) is 35.1. The zero-order chi connectivity index (χ0) is 53.5. The van der Waals surface area contributed by atoms with Crippen molar-refractivity contribution >= 4 is 0 Å². The minimum atomic E-state index is -0.514. The van der Waals surface area contributed by atoms with Gasteiger partial charge in [-0.15, -0.1) is 0 Å². The molecule has 432 valence electrons. The zero-order valence-corrected chi connectivity index (χ0v) is 47.5.